The molecule has 1 aliphatic rings. The molecule has 0 saturated carbocycles. The van der Waals surface area contributed by atoms with Crippen LogP contribution >= 0.6 is 7.60 Å². The van der Waals surface area contributed by atoms with Gasteiger partial charge in [0.1, 0.15) is 6.29 Å². The fraction of sp³-hybridized carbons (Fsp3) is 0.211. The Hall–Kier alpha value is -3.40. The lowest BCUT2D eigenvalue weighted by molar-refractivity contribution is 0.0722. The minimum absolute atomic E-state index is 0.00924. The number of guanidine groups is 1. The van der Waals surface area contributed by atoms with Crippen LogP contribution in [0.15, 0.2) is 41.4 Å². The van der Waals surface area contributed by atoms with Crippen LogP contribution in [-0.2, 0) is 11.0 Å². The number of para-hydroxylation sites is 1. The summed E-state index contributed by atoms with van der Waals surface area (Å²) in [4.78, 5) is 47.1. The van der Waals surface area contributed by atoms with E-state index < -0.39 is 25.8 Å². The van der Waals surface area contributed by atoms with Crippen molar-refractivity contribution in [3.05, 3.63) is 53.1 Å². The summed E-state index contributed by atoms with van der Waals surface area (Å²) in [6.07, 6.45) is 0.129. The molecule has 0 saturated heterocycles. The summed E-state index contributed by atoms with van der Waals surface area (Å²) < 4.78 is 22.2. The molecule has 0 bridgehead atoms. The van der Waals surface area contributed by atoms with Crippen molar-refractivity contribution in [2.75, 3.05) is 12.9 Å². The van der Waals surface area contributed by atoms with E-state index in [1.807, 2.05) is 0 Å². The minimum atomic E-state index is -4.44. The van der Waals surface area contributed by atoms with Gasteiger partial charge in [0.25, 0.3) is 5.91 Å². The fourth-order valence-electron chi connectivity index (χ4n) is 2.99. The van der Waals surface area contributed by atoms with Gasteiger partial charge in [-0.1, -0.05) is 6.07 Å². The second-order valence-electron chi connectivity index (χ2n) is 6.68. The van der Waals surface area contributed by atoms with E-state index >= 15 is 0 Å². The van der Waals surface area contributed by atoms with Crippen molar-refractivity contribution < 1.29 is 33.4 Å². The number of amides is 1. The first-order chi connectivity index (χ1) is 14.6. The maximum atomic E-state index is 12.8. The summed E-state index contributed by atoms with van der Waals surface area (Å²) in [5, 5.41) is 2.15. The van der Waals surface area contributed by atoms with E-state index in [9.17, 15) is 14.2 Å². The number of carbonyl (C=O) groups excluding carboxylic acids is 2. The van der Waals surface area contributed by atoms with Crippen LogP contribution in [0.2, 0.25) is 0 Å². The predicted molar refractivity (Wildman–Crippen MR) is 112 cm³/mol. The van der Waals surface area contributed by atoms with Crippen molar-refractivity contribution in [2.45, 2.75) is 12.8 Å². The maximum Gasteiger partial charge on any atom is 0.344 e. The summed E-state index contributed by atoms with van der Waals surface area (Å²) in [5.74, 6) is -1.51. The van der Waals surface area contributed by atoms with E-state index in [1.54, 1.807) is 18.2 Å². The molecule has 12 heteroatoms. The molecule has 2 aromatic carbocycles. The van der Waals surface area contributed by atoms with Gasteiger partial charge in [0, 0.05) is 0 Å². The van der Waals surface area contributed by atoms with Gasteiger partial charge >= 0.3 is 13.6 Å². The molecule has 1 heterocycles. The number of rotatable bonds is 4. The summed E-state index contributed by atoms with van der Waals surface area (Å²) >= 11 is 0. The number of hydrogen-bond acceptors (Lipinski definition) is 6. The second-order valence-corrected chi connectivity index (χ2v) is 8.33. The highest BCUT2D eigenvalue weighted by atomic mass is 31.2. The molecule has 0 spiro atoms. The molecule has 0 atom stereocenters. The van der Waals surface area contributed by atoms with Crippen molar-refractivity contribution in [3.63, 3.8) is 0 Å². The predicted octanol–water partition coefficient (Wildman–Crippen LogP) is 1.00. The normalized spacial score (nSPS) is 13.7. The van der Waals surface area contributed by atoms with E-state index in [1.165, 1.54) is 18.2 Å². The Balaban J connectivity index is 1.93. The largest absolute Gasteiger partial charge is 0.489 e. The van der Waals surface area contributed by atoms with Crippen molar-refractivity contribution in [1.29, 1.82) is 0 Å². The Bertz CT molecular complexity index is 1090. The van der Waals surface area contributed by atoms with Crippen LogP contribution < -0.4 is 26.3 Å². The highest BCUT2D eigenvalue weighted by Gasteiger charge is 2.24. The van der Waals surface area contributed by atoms with E-state index in [4.69, 9.17) is 30.7 Å². The lowest BCUT2D eigenvalue weighted by atomic mass is 10.0. The molecule has 7 N–H and O–H groups in total. The maximum absolute atomic E-state index is 12.8. The third-order valence-electron chi connectivity index (χ3n) is 4.28. The zero-order valence-corrected chi connectivity index (χ0v) is 17.2. The molecule has 11 nitrogen and oxygen atoms in total. The smallest absolute Gasteiger partial charge is 0.344 e. The Morgan fingerprint density at radius 1 is 1.23 bits per heavy atom. The third kappa shape index (κ3) is 5.82. The van der Waals surface area contributed by atoms with Crippen molar-refractivity contribution in [2.24, 2.45) is 16.5 Å². The number of hydrogen-bond donors (Lipinski definition) is 5. The van der Waals surface area contributed by atoms with Gasteiger partial charge < -0.3 is 36.0 Å². The molecule has 1 amide bonds. The molecule has 0 aliphatic carbocycles. The van der Waals surface area contributed by atoms with Crippen LogP contribution in [0.4, 0.5) is 5.69 Å². The molecule has 0 radical (unpaired) electrons. The number of nitrogens with zero attached hydrogens (tertiary/aromatic N) is 1. The number of esters is 1. The molecular formula is C19H21N4O7P. The van der Waals surface area contributed by atoms with Crippen LogP contribution in [0.1, 0.15) is 32.7 Å². The third-order valence-corrected chi connectivity index (χ3v) is 4.85. The number of carbonyl (C=O) groups is 2. The number of fused-ring (bicyclic) bond motifs is 2. The molecule has 2 aromatic rings. The Kier molecular flexibility index (Phi) is 6.59. The average Bonchev–Trinajstić information content (AvgIpc) is 2.69. The van der Waals surface area contributed by atoms with Gasteiger partial charge in [-0.15, -0.1) is 0 Å². The van der Waals surface area contributed by atoms with Gasteiger partial charge in [0.2, 0.25) is 0 Å². The first kappa shape index (κ1) is 22.3. The number of aryl methyl sites for hydroxylation is 1. The molecule has 0 unspecified atom stereocenters. The first-order valence-corrected chi connectivity index (χ1v) is 11.0. The second kappa shape index (κ2) is 9.17. The van der Waals surface area contributed by atoms with Crippen LogP contribution in [0.3, 0.4) is 0 Å². The molecule has 3 rings (SSSR count). The highest BCUT2D eigenvalue weighted by Crippen LogP contribution is 2.35. The zero-order valence-electron chi connectivity index (χ0n) is 16.3. The van der Waals surface area contributed by atoms with Crippen LogP contribution in [0.5, 0.6) is 11.5 Å². The van der Waals surface area contributed by atoms with E-state index in [0.717, 1.165) is 0 Å². The number of aliphatic imine (C=N–C) groups is 1. The van der Waals surface area contributed by atoms with Crippen molar-refractivity contribution >= 4 is 31.1 Å². The molecule has 1 aliphatic heterocycles. The van der Waals surface area contributed by atoms with Crippen molar-refractivity contribution in [1.82, 2.24) is 5.32 Å². The van der Waals surface area contributed by atoms with Crippen LogP contribution in [0, 0.1) is 0 Å². The Morgan fingerprint density at radius 3 is 2.71 bits per heavy atom. The van der Waals surface area contributed by atoms with Gasteiger partial charge in [-0.25, -0.2) is 9.79 Å². The van der Waals surface area contributed by atoms with Gasteiger partial charge in [-0.3, -0.25) is 9.36 Å². The van der Waals surface area contributed by atoms with Crippen molar-refractivity contribution in [3.8, 4) is 11.5 Å². The average molecular weight is 448 g/mol. The highest BCUT2D eigenvalue weighted by molar-refractivity contribution is 7.51. The summed E-state index contributed by atoms with van der Waals surface area (Å²) in [6.45, 7) is 0.194. The first-order valence-electron chi connectivity index (χ1n) is 9.17. The summed E-state index contributed by atoms with van der Waals surface area (Å²) in [7, 11) is -4.44. The topological polar surface area (TPSA) is 187 Å². The minimum Gasteiger partial charge on any atom is -0.489 e. The lowest BCUT2D eigenvalue weighted by Gasteiger charge is -2.18. The van der Waals surface area contributed by atoms with Gasteiger partial charge in [0.05, 0.1) is 23.4 Å². The Labute approximate surface area is 177 Å². The van der Waals surface area contributed by atoms with Gasteiger partial charge in [-0.05, 0) is 48.7 Å². The number of nitrogens with one attached hydrogen (secondary N) is 1. The molecule has 0 fully saturated rings. The van der Waals surface area contributed by atoms with Gasteiger partial charge in [0.15, 0.2) is 17.5 Å². The SMILES string of the molecule is NC(N)=Nc1ccc2c(c1)CCCOc1c(cccc1C(=O)NCP(=O)(O)O)OC2=O. The van der Waals surface area contributed by atoms with E-state index in [2.05, 4.69) is 10.3 Å². The van der Waals surface area contributed by atoms with Crippen LogP contribution in [0.25, 0.3) is 0 Å². The standard InChI is InChI=1S/C19H21N4O7P/c20-19(21)23-12-6-7-13-11(9-12)3-2-8-29-16-14(17(24)22-10-31(26,27)28)4-1-5-15(16)30-18(13)25/h1,4-7,9H,2-3,8,10H2,(H,22,24)(H4,20,21,23)(H2,26,27,28). The number of ether oxygens (including phenoxy) is 2. The molecule has 31 heavy (non-hydrogen) atoms. The van der Waals surface area contributed by atoms with E-state index in [0.29, 0.717) is 29.7 Å². The monoisotopic (exact) mass is 448 g/mol. The van der Waals surface area contributed by atoms with Gasteiger partial charge in [-0.2, -0.15) is 0 Å². The zero-order chi connectivity index (χ0) is 22.6. The molecule has 164 valence electrons. The fourth-order valence-corrected chi connectivity index (χ4v) is 3.34. The number of benzene rings is 2. The quantitative estimate of drug-likeness (QED) is 0.149. The number of nitrogens with two attached hydrogens (primary N) is 2. The Morgan fingerprint density at radius 2 is 2.00 bits per heavy atom. The lowest BCUT2D eigenvalue weighted by Crippen LogP contribution is -2.25. The molecule has 0 aromatic heterocycles. The molecular weight excluding hydrogens is 427 g/mol. The summed E-state index contributed by atoms with van der Waals surface area (Å²) in [5.41, 5.74) is 12.3. The van der Waals surface area contributed by atoms with Crippen LogP contribution in [-0.4, -0.2) is 40.5 Å². The van der Waals surface area contributed by atoms with E-state index in [-0.39, 0.29) is 29.6 Å². The summed E-state index contributed by atoms with van der Waals surface area (Å²) in [6, 6.07) is 9.15.